The number of hydrogen-bond donors (Lipinski definition) is 0. The predicted octanol–water partition coefficient (Wildman–Crippen LogP) is 2.48. The molecule has 0 saturated heterocycles. The third-order valence-corrected chi connectivity index (χ3v) is 2.51. The Bertz CT molecular complexity index is 336. The first kappa shape index (κ1) is 11.5. The van der Waals surface area contributed by atoms with E-state index in [1.165, 1.54) is 0 Å². The molecule has 1 rings (SSSR count). The van der Waals surface area contributed by atoms with Crippen molar-refractivity contribution in [2.75, 3.05) is 13.9 Å². The zero-order valence-corrected chi connectivity index (χ0v) is 10.2. The van der Waals surface area contributed by atoms with Gasteiger partial charge in [-0.1, -0.05) is 0 Å². The quantitative estimate of drug-likeness (QED) is 0.487. The fourth-order valence-corrected chi connectivity index (χ4v) is 1.63. The van der Waals surface area contributed by atoms with Crippen LogP contribution in [0.5, 0.6) is 5.75 Å². The van der Waals surface area contributed by atoms with Crippen molar-refractivity contribution in [2.45, 2.75) is 6.92 Å². The Balaban J connectivity index is 2.84. The normalized spacial score (nSPS) is 9.93. The standard InChI is InChI=1S/C10H11IO3/c1-7(12)8-3-4-10(9(11)5-8)14-6-13-2/h3-5H,6H2,1-2H3. The number of rotatable bonds is 4. The highest BCUT2D eigenvalue weighted by atomic mass is 127. The van der Waals surface area contributed by atoms with E-state index < -0.39 is 0 Å². The molecular weight excluding hydrogens is 295 g/mol. The van der Waals surface area contributed by atoms with Crippen LogP contribution in [-0.2, 0) is 4.74 Å². The van der Waals surface area contributed by atoms with Gasteiger partial charge in [-0.15, -0.1) is 0 Å². The summed E-state index contributed by atoms with van der Waals surface area (Å²) in [6.07, 6.45) is 0. The molecule has 0 bridgehead atoms. The van der Waals surface area contributed by atoms with Crippen LogP contribution in [0, 0.1) is 3.57 Å². The summed E-state index contributed by atoms with van der Waals surface area (Å²) in [6, 6.07) is 5.32. The Kier molecular flexibility index (Phi) is 4.34. The second-order valence-electron chi connectivity index (χ2n) is 2.75. The van der Waals surface area contributed by atoms with E-state index >= 15 is 0 Å². The maximum atomic E-state index is 11.1. The van der Waals surface area contributed by atoms with Crippen LogP contribution in [0.1, 0.15) is 17.3 Å². The van der Waals surface area contributed by atoms with Crippen LogP contribution in [0.15, 0.2) is 18.2 Å². The van der Waals surface area contributed by atoms with Crippen molar-refractivity contribution in [2.24, 2.45) is 0 Å². The molecule has 0 heterocycles. The predicted molar refractivity (Wildman–Crippen MR) is 61.7 cm³/mol. The molecule has 0 radical (unpaired) electrons. The lowest BCUT2D eigenvalue weighted by molar-refractivity contribution is 0.0505. The van der Waals surface area contributed by atoms with Gasteiger partial charge in [-0.25, -0.2) is 0 Å². The lowest BCUT2D eigenvalue weighted by atomic mass is 10.1. The van der Waals surface area contributed by atoms with E-state index in [-0.39, 0.29) is 12.6 Å². The summed E-state index contributed by atoms with van der Waals surface area (Å²) in [5, 5.41) is 0. The fourth-order valence-electron chi connectivity index (χ4n) is 0.959. The van der Waals surface area contributed by atoms with Gasteiger partial charge in [0.05, 0.1) is 3.57 Å². The van der Waals surface area contributed by atoms with Crippen LogP contribution < -0.4 is 4.74 Å². The first-order valence-electron chi connectivity index (χ1n) is 4.07. The van der Waals surface area contributed by atoms with Crippen LogP contribution in [0.2, 0.25) is 0 Å². The monoisotopic (exact) mass is 306 g/mol. The molecule has 0 N–H and O–H groups in total. The number of carbonyl (C=O) groups is 1. The molecule has 4 heteroatoms. The Morgan fingerprint density at radius 2 is 2.21 bits per heavy atom. The molecule has 0 spiro atoms. The number of hydrogen-bond acceptors (Lipinski definition) is 3. The van der Waals surface area contributed by atoms with Gasteiger partial charge in [0.2, 0.25) is 0 Å². The van der Waals surface area contributed by atoms with Gasteiger partial charge >= 0.3 is 0 Å². The highest BCUT2D eigenvalue weighted by molar-refractivity contribution is 14.1. The van der Waals surface area contributed by atoms with Crippen molar-refractivity contribution >= 4 is 28.4 Å². The molecule has 0 atom stereocenters. The van der Waals surface area contributed by atoms with E-state index in [9.17, 15) is 4.79 Å². The summed E-state index contributed by atoms with van der Waals surface area (Å²) in [5.74, 6) is 0.790. The molecule has 0 saturated carbocycles. The summed E-state index contributed by atoms with van der Waals surface area (Å²) in [4.78, 5) is 11.1. The van der Waals surface area contributed by atoms with Gasteiger partial charge in [0.15, 0.2) is 12.6 Å². The number of methoxy groups -OCH3 is 1. The minimum Gasteiger partial charge on any atom is -0.466 e. The second-order valence-corrected chi connectivity index (χ2v) is 3.91. The molecule has 0 aliphatic rings. The summed E-state index contributed by atoms with van der Waals surface area (Å²) in [6.45, 7) is 1.76. The van der Waals surface area contributed by atoms with Crippen molar-refractivity contribution in [3.63, 3.8) is 0 Å². The largest absolute Gasteiger partial charge is 0.466 e. The lowest BCUT2D eigenvalue weighted by Crippen LogP contribution is -2.01. The number of ketones is 1. The van der Waals surface area contributed by atoms with Gasteiger partial charge in [0.1, 0.15) is 5.75 Å². The maximum Gasteiger partial charge on any atom is 0.188 e. The van der Waals surface area contributed by atoms with Gasteiger partial charge in [0, 0.05) is 12.7 Å². The number of Topliss-reactive ketones (excluding diaryl/α,β-unsaturated/α-hetero) is 1. The molecule has 0 fully saturated rings. The average Bonchev–Trinajstić information content (AvgIpc) is 2.15. The highest BCUT2D eigenvalue weighted by Gasteiger charge is 2.04. The summed E-state index contributed by atoms with van der Waals surface area (Å²) >= 11 is 2.13. The van der Waals surface area contributed by atoms with Crippen molar-refractivity contribution in [1.29, 1.82) is 0 Å². The topological polar surface area (TPSA) is 35.5 Å². The van der Waals surface area contributed by atoms with Crippen LogP contribution in [0.25, 0.3) is 0 Å². The molecule has 14 heavy (non-hydrogen) atoms. The molecule has 0 unspecified atom stereocenters. The number of carbonyl (C=O) groups excluding carboxylic acids is 1. The molecule has 3 nitrogen and oxygen atoms in total. The van der Waals surface area contributed by atoms with Crippen LogP contribution in [-0.4, -0.2) is 19.7 Å². The zero-order valence-electron chi connectivity index (χ0n) is 8.04. The van der Waals surface area contributed by atoms with Gasteiger partial charge in [-0.05, 0) is 47.7 Å². The van der Waals surface area contributed by atoms with Crippen molar-refractivity contribution in [3.05, 3.63) is 27.3 Å². The number of benzene rings is 1. The zero-order chi connectivity index (χ0) is 10.6. The van der Waals surface area contributed by atoms with E-state index in [0.29, 0.717) is 5.56 Å². The molecule has 0 aromatic heterocycles. The third kappa shape index (κ3) is 2.95. The summed E-state index contributed by atoms with van der Waals surface area (Å²) in [5.41, 5.74) is 0.694. The highest BCUT2D eigenvalue weighted by Crippen LogP contribution is 2.22. The summed E-state index contributed by atoms with van der Waals surface area (Å²) in [7, 11) is 1.57. The Morgan fingerprint density at radius 1 is 1.50 bits per heavy atom. The molecule has 0 aliphatic heterocycles. The van der Waals surface area contributed by atoms with E-state index in [0.717, 1.165) is 9.32 Å². The van der Waals surface area contributed by atoms with E-state index in [1.54, 1.807) is 32.2 Å². The minimum absolute atomic E-state index is 0.0567. The van der Waals surface area contributed by atoms with E-state index in [4.69, 9.17) is 9.47 Å². The Labute approximate surface area is 96.5 Å². The van der Waals surface area contributed by atoms with Crippen molar-refractivity contribution in [1.82, 2.24) is 0 Å². The van der Waals surface area contributed by atoms with Crippen molar-refractivity contribution in [3.8, 4) is 5.75 Å². The van der Waals surface area contributed by atoms with Gasteiger partial charge in [0.25, 0.3) is 0 Å². The number of ether oxygens (including phenoxy) is 2. The van der Waals surface area contributed by atoms with Crippen LogP contribution in [0.3, 0.4) is 0 Å². The second kappa shape index (κ2) is 5.31. The van der Waals surface area contributed by atoms with E-state index in [1.807, 2.05) is 0 Å². The minimum atomic E-state index is 0.0567. The molecule has 0 aliphatic carbocycles. The smallest absolute Gasteiger partial charge is 0.188 e. The first-order chi connectivity index (χ1) is 6.65. The lowest BCUT2D eigenvalue weighted by Gasteiger charge is -2.07. The van der Waals surface area contributed by atoms with Crippen LogP contribution in [0.4, 0.5) is 0 Å². The maximum absolute atomic E-state index is 11.1. The fraction of sp³-hybridized carbons (Fsp3) is 0.300. The SMILES string of the molecule is COCOc1ccc(C(C)=O)cc1I. The molecule has 76 valence electrons. The van der Waals surface area contributed by atoms with E-state index in [2.05, 4.69) is 22.6 Å². The number of halogens is 1. The molecule has 1 aromatic carbocycles. The van der Waals surface area contributed by atoms with Crippen molar-refractivity contribution < 1.29 is 14.3 Å². The third-order valence-electron chi connectivity index (χ3n) is 1.67. The first-order valence-corrected chi connectivity index (χ1v) is 5.15. The molecule has 1 aromatic rings. The van der Waals surface area contributed by atoms with Gasteiger partial charge in [-0.3, -0.25) is 4.79 Å². The Hall–Kier alpha value is -0.620. The van der Waals surface area contributed by atoms with Gasteiger partial charge in [-0.2, -0.15) is 0 Å². The Morgan fingerprint density at radius 3 is 2.71 bits per heavy atom. The molecule has 0 amide bonds. The van der Waals surface area contributed by atoms with Crippen LogP contribution >= 0.6 is 22.6 Å². The molecular formula is C10H11IO3. The van der Waals surface area contributed by atoms with Gasteiger partial charge < -0.3 is 9.47 Å². The average molecular weight is 306 g/mol. The summed E-state index contributed by atoms with van der Waals surface area (Å²) < 4.78 is 11.0.